The van der Waals surface area contributed by atoms with Crippen molar-refractivity contribution in [3.8, 4) is 0 Å². The predicted molar refractivity (Wildman–Crippen MR) is 78.4 cm³/mol. The lowest BCUT2D eigenvalue weighted by Crippen LogP contribution is -2.22. The molecule has 8 heteroatoms. The van der Waals surface area contributed by atoms with Crippen LogP contribution < -0.4 is 5.56 Å². The summed E-state index contributed by atoms with van der Waals surface area (Å²) in [5, 5.41) is 10.9. The van der Waals surface area contributed by atoms with E-state index in [-0.39, 0.29) is 22.8 Å². The lowest BCUT2D eigenvalue weighted by Gasteiger charge is -2.06. The van der Waals surface area contributed by atoms with Crippen LogP contribution in [-0.2, 0) is 6.54 Å². The smallest absolute Gasteiger partial charge is 0.288 e. The van der Waals surface area contributed by atoms with Gasteiger partial charge in [-0.05, 0) is 34.2 Å². The van der Waals surface area contributed by atoms with Gasteiger partial charge in [-0.3, -0.25) is 19.5 Å². The molecule has 0 aliphatic rings. The SMILES string of the molecule is O=c1c(I)cncn1Cc1ccc(Cl)c([N+](=O)[O-])c1. The van der Waals surface area contributed by atoms with Gasteiger partial charge in [0.15, 0.2) is 0 Å². The summed E-state index contributed by atoms with van der Waals surface area (Å²) in [6.07, 6.45) is 2.86. The minimum atomic E-state index is -0.554. The van der Waals surface area contributed by atoms with Crippen molar-refractivity contribution in [1.82, 2.24) is 9.55 Å². The van der Waals surface area contributed by atoms with E-state index in [0.29, 0.717) is 9.13 Å². The number of hydrogen-bond acceptors (Lipinski definition) is 4. The molecule has 1 heterocycles. The summed E-state index contributed by atoms with van der Waals surface area (Å²) in [6.45, 7) is 0.209. The highest BCUT2D eigenvalue weighted by Crippen LogP contribution is 2.25. The normalized spacial score (nSPS) is 10.4. The van der Waals surface area contributed by atoms with Crippen LogP contribution in [0.2, 0.25) is 5.02 Å². The highest BCUT2D eigenvalue weighted by Gasteiger charge is 2.13. The second-order valence-corrected chi connectivity index (χ2v) is 5.29. The molecule has 0 unspecified atom stereocenters. The Morgan fingerprint density at radius 2 is 2.21 bits per heavy atom. The summed E-state index contributed by atoms with van der Waals surface area (Å²) in [4.78, 5) is 26.0. The monoisotopic (exact) mass is 391 g/mol. The van der Waals surface area contributed by atoms with E-state index < -0.39 is 4.92 Å². The van der Waals surface area contributed by atoms with Gasteiger partial charge >= 0.3 is 0 Å². The third-order valence-electron chi connectivity index (χ3n) is 2.42. The Balaban J connectivity index is 2.39. The standard InChI is InChI=1S/C11H7ClIN3O3/c12-8-2-1-7(3-10(8)16(18)19)5-15-6-14-4-9(13)11(15)17/h1-4,6H,5H2. The molecule has 0 radical (unpaired) electrons. The van der Waals surface area contributed by atoms with Crippen molar-refractivity contribution in [3.63, 3.8) is 0 Å². The maximum atomic E-state index is 11.8. The molecule has 1 aromatic heterocycles. The highest BCUT2D eigenvalue weighted by atomic mass is 127. The van der Waals surface area contributed by atoms with Gasteiger partial charge in [-0.2, -0.15) is 0 Å². The fourth-order valence-corrected chi connectivity index (χ4v) is 2.19. The average molecular weight is 392 g/mol. The van der Waals surface area contributed by atoms with Crippen molar-refractivity contribution in [2.75, 3.05) is 0 Å². The molecule has 1 aromatic carbocycles. The molecule has 0 fully saturated rings. The molecule has 0 atom stereocenters. The van der Waals surface area contributed by atoms with Gasteiger partial charge in [0.2, 0.25) is 0 Å². The van der Waals surface area contributed by atoms with Gasteiger partial charge < -0.3 is 0 Å². The highest BCUT2D eigenvalue weighted by molar-refractivity contribution is 14.1. The maximum absolute atomic E-state index is 11.8. The molecule has 0 aliphatic heterocycles. The number of rotatable bonds is 3. The van der Waals surface area contributed by atoms with Gasteiger partial charge in [0.1, 0.15) is 5.02 Å². The Bertz CT molecular complexity index is 702. The average Bonchev–Trinajstić information content (AvgIpc) is 2.37. The molecule has 0 N–H and O–H groups in total. The molecular formula is C11H7ClIN3O3. The molecule has 0 saturated carbocycles. The third kappa shape index (κ3) is 3.10. The number of hydrogen-bond donors (Lipinski definition) is 0. The zero-order valence-electron chi connectivity index (χ0n) is 9.42. The first-order valence-electron chi connectivity index (χ1n) is 5.12. The number of nitro benzene ring substituents is 1. The topological polar surface area (TPSA) is 78.0 Å². The lowest BCUT2D eigenvalue weighted by molar-refractivity contribution is -0.384. The predicted octanol–water partition coefficient (Wildman–Crippen LogP) is 2.46. The number of halogens is 2. The van der Waals surface area contributed by atoms with Crippen molar-refractivity contribution in [2.24, 2.45) is 0 Å². The van der Waals surface area contributed by atoms with Crippen LogP contribution in [-0.4, -0.2) is 14.5 Å². The minimum absolute atomic E-state index is 0.0712. The Kier molecular flexibility index (Phi) is 4.15. The van der Waals surface area contributed by atoms with Gasteiger partial charge in [0, 0.05) is 12.3 Å². The quantitative estimate of drug-likeness (QED) is 0.457. The molecule has 0 amide bonds. The summed E-state index contributed by atoms with van der Waals surface area (Å²) in [7, 11) is 0. The van der Waals surface area contributed by atoms with Gasteiger partial charge in [-0.15, -0.1) is 0 Å². The molecule has 19 heavy (non-hydrogen) atoms. The number of nitrogens with zero attached hydrogens (tertiary/aromatic N) is 3. The van der Waals surface area contributed by atoms with Crippen LogP contribution in [0.3, 0.4) is 0 Å². The van der Waals surface area contributed by atoms with Crippen LogP contribution in [0, 0.1) is 13.7 Å². The molecule has 0 bridgehead atoms. The molecule has 0 aliphatic carbocycles. The van der Waals surface area contributed by atoms with Crippen molar-refractivity contribution in [3.05, 3.63) is 65.3 Å². The summed E-state index contributed by atoms with van der Waals surface area (Å²) >= 11 is 7.62. The summed E-state index contributed by atoms with van der Waals surface area (Å²) in [5.74, 6) is 0. The molecule has 98 valence electrons. The van der Waals surface area contributed by atoms with Crippen molar-refractivity contribution >= 4 is 39.9 Å². The van der Waals surface area contributed by atoms with E-state index >= 15 is 0 Å². The fraction of sp³-hybridized carbons (Fsp3) is 0.0909. The zero-order chi connectivity index (χ0) is 14.0. The van der Waals surface area contributed by atoms with Crippen molar-refractivity contribution < 1.29 is 4.92 Å². The van der Waals surface area contributed by atoms with E-state index in [4.69, 9.17) is 11.6 Å². The van der Waals surface area contributed by atoms with Crippen LogP contribution in [0.5, 0.6) is 0 Å². The first kappa shape index (κ1) is 13.9. The maximum Gasteiger partial charge on any atom is 0.288 e. The van der Waals surface area contributed by atoms with Crippen LogP contribution >= 0.6 is 34.2 Å². The number of nitro groups is 1. The second kappa shape index (κ2) is 5.66. The summed E-state index contributed by atoms with van der Waals surface area (Å²) in [6, 6.07) is 4.44. The zero-order valence-corrected chi connectivity index (χ0v) is 12.3. The minimum Gasteiger partial charge on any atom is -0.294 e. The molecule has 0 saturated heterocycles. The van der Waals surface area contributed by atoms with Gasteiger partial charge in [-0.1, -0.05) is 17.7 Å². The van der Waals surface area contributed by atoms with Crippen molar-refractivity contribution in [2.45, 2.75) is 6.54 Å². The van der Waals surface area contributed by atoms with Gasteiger partial charge in [0.25, 0.3) is 11.2 Å². The van der Waals surface area contributed by atoms with E-state index in [1.54, 1.807) is 6.07 Å². The summed E-state index contributed by atoms with van der Waals surface area (Å²) < 4.78 is 1.87. The Labute approximate surface area is 126 Å². The van der Waals surface area contributed by atoms with Crippen LogP contribution in [0.25, 0.3) is 0 Å². The second-order valence-electron chi connectivity index (χ2n) is 3.72. The van der Waals surface area contributed by atoms with E-state index in [0.717, 1.165) is 0 Å². The van der Waals surface area contributed by atoms with Crippen LogP contribution in [0.4, 0.5) is 5.69 Å². The van der Waals surface area contributed by atoms with Gasteiger partial charge in [-0.25, -0.2) is 4.98 Å². The van der Waals surface area contributed by atoms with Crippen molar-refractivity contribution in [1.29, 1.82) is 0 Å². The van der Waals surface area contributed by atoms with Crippen LogP contribution in [0.15, 0.2) is 35.5 Å². The first-order valence-corrected chi connectivity index (χ1v) is 6.57. The van der Waals surface area contributed by atoms with E-state index in [9.17, 15) is 14.9 Å². The van der Waals surface area contributed by atoms with Gasteiger partial charge in [0.05, 0.1) is 21.4 Å². The fourth-order valence-electron chi connectivity index (χ4n) is 1.53. The summed E-state index contributed by atoms with van der Waals surface area (Å²) in [5.41, 5.74) is 0.251. The van der Waals surface area contributed by atoms with E-state index in [1.165, 1.54) is 29.2 Å². The number of aromatic nitrogens is 2. The largest absolute Gasteiger partial charge is 0.294 e. The first-order chi connectivity index (χ1) is 8.99. The Hall–Kier alpha value is -1.48. The molecule has 6 nitrogen and oxygen atoms in total. The molecule has 2 aromatic rings. The van der Waals surface area contributed by atoms with E-state index in [1.807, 2.05) is 22.6 Å². The molecule has 2 rings (SSSR count). The Morgan fingerprint density at radius 3 is 2.89 bits per heavy atom. The number of benzene rings is 1. The van der Waals surface area contributed by atoms with E-state index in [2.05, 4.69) is 4.98 Å². The lowest BCUT2D eigenvalue weighted by atomic mass is 10.2. The molecular weight excluding hydrogens is 384 g/mol. The Morgan fingerprint density at radius 1 is 1.47 bits per heavy atom. The third-order valence-corrected chi connectivity index (χ3v) is 3.48. The van der Waals surface area contributed by atoms with Crippen LogP contribution in [0.1, 0.15) is 5.56 Å². The molecule has 0 spiro atoms.